The first-order chi connectivity index (χ1) is 7.16. The zero-order chi connectivity index (χ0) is 12.6. The summed E-state index contributed by atoms with van der Waals surface area (Å²) in [5.41, 5.74) is 0. The van der Waals surface area contributed by atoms with E-state index in [1.807, 2.05) is 0 Å². The molecule has 0 saturated carbocycles. The van der Waals surface area contributed by atoms with Crippen molar-refractivity contribution in [3.05, 3.63) is 0 Å². The summed E-state index contributed by atoms with van der Waals surface area (Å²) < 4.78 is 18.9. The van der Waals surface area contributed by atoms with Gasteiger partial charge in [0, 0.05) is 0 Å². The Hall–Kier alpha value is -0.0900. The van der Waals surface area contributed by atoms with Gasteiger partial charge in [0.1, 0.15) is 24.9 Å². The van der Waals surface area contributed by atoms with Crippen molar-refractivity contribution in [3.63, 3.8) is 0 Å². The highest BCUT2D eigenvalue weighted by Crippen LogP contribution is 2.38. The average Bonchev–Trinajstić information content (AvgIpc) is 2.18. The molecule has 9 nitrogen and oxygen atoms in total. The lowest BCUT2D eigenvalue weighted by Gasteiger charge is -2.41. The lowest BCUT2D eigenvalue weighted by Crippen LogP contribution is -2.62. The molecule has 1 rings (SSSR count). The maximum absolute atomic E-state index is 10.4. The van der Waals surface area contributed by atoms with Gasteiger partial charge in [-0.15, -0.1) is 0 Å². The molecule has 96 valence electrons. The minimum atomic E-state index is -4.83. The summed E-state index contributed by atoms with van der Waals surface area (Å²) in [5, 5.41) is 37.2. The van der Waals surface area contributed by atoms with Crippen LogP contribution in [-0.2, 0) is 13.8 Å². The molecule has 1 aliphatic heterocycles. The van der Waals surface area contributed by atoms with Gasteiger partial charge in [-0.05, 0) is 0 Å². The molecule has 0 aromatic rings. The largest absolute Gasteiger partial charge is 0.469 e. The van der Waals surface area contributed by atoms with Crippen molar-refractivity contribution in [1.82, 2.24) is 0 Å². The van der Waals surface area contributed by atoms with E-state index in [1.165, 1.54) is 0 Å². The maximum Gasteiger partial charge on any atom is 0.469 e. The quantitative estimate of drug-likeness (QED) is 0.289. The lowest BCUT2D eigenvalue weighted by molar-refractivity contribution is -0.329. The molecule has 0 bridgehead atoms. The predicted octanol–water partition coefficient (Wildman–Crippen LogP) is -3.10. The number of phosphoric ester groups is 1. The molecule has 0 radical (unpaired) electrons. The molecule has 0 aromatic heterocycles. The number of phosphoric acid groups is 1. The molecular formula is C6H13O9P. The third-order valence-corrected chi connectivity index (χ3v) is 2.59. The van der Waals surface area contributed by atoms with Crippen molar-refractivity contribution in [2.75, 3.05) is 13.2 Å². The van der Waals surface area contributed by atoms with Crippen LogP contribution in [-0.4, -0.2) is 67.5 Å². The first-order valence-corrected chi connectivity index (χ1v) is 5.79. The van der Waals surface area contributed by atoms with Gasteiger partial charge in [0.25, 0.3) is 0 Å². The minimum Gasteiger partial charge on any atom is -0.388 e. The van der Waals surface area contributed by atoms with E-state index in [4.69, 9.17) is 14.9 Å². The van der Waals surface area contributed by atoms with Gasteiger partial charge in [-0.25, -0.2) is 4.57 Å². The Morgan fingerprint density at radius 1 is 1.38 bits per heavy atom. The predicted molar refractivity (Wildman–Crippen MR) is 46.9 cm³/mol. The molecule has 0 unspecified atom stereocenters. The van der Waals surface area contributed by atoms with Crippen LogP contribution in [0.3, 0.4) is 0 Å². The standard InChI is InChI=1S/C6H13O9P/c7-3-1-14-6(10,5(9)4(3)8)2-15-16(11,12)13/h3-5,7-10H,1-2H2,(H2,11,12,13)/t3-,4-,5+,6-/m0/s1. The third kappa shape index (κ3) is 3.20. The second-order valence-electron chi connectivity index (χ2n) is 3.42. The summed E-state index contributed by atoms with van der Waals surface area (Å²) in [6.07, 6.45) is -5.03. The van der Waals surface area contributed by atoms with Gasteiger partial charge < -0.3 is 34.9 Å². The van der Waals surface area contributed by atoms with Crippen LogP contribution in [0.1, 0.15) is 0 Å². The van der Waals surface area contributed by atoms with E-state index in [-0.39, 0.29) is 0 Å². The zero-order valence-electron chi connectivity index (χ0n) is 8.00. The topological polar surface area (TPSA) is 157 Å². The Labute approximate surface area is 90.1 Å². The second kappa shape index (κ2) is 4.65. The van der Waals surface area contributed by atoms with Gasteiger partial charge in [-0.1, -0.05) is 0 Å². The fourth-order valence-corrected chi connectivity index (χ4v) is 1.55. The fraction of sp³-hybridized carbons (Fsp3) is 1.00. The van der Waals surface area contributed by atoms with E-state index in [2.05, 4.69) is 9.26 Å². The highest BCUT2D eigenvalue weighted by molar-refractivity contribution is 7.46. The van der Waals surface area contributed by atoms with Gasteiger partial charge in [0.15, 0.2) is 0 Å². The van der Waals surface area contributed by atoms with Crippen molar-refractivity contribution in [2.45, 2.75) is 24.1 Å². The zero-order valence-corrected chi connectivity index (χ0v) is 8.90. The minimum absolute atomic E-state index is 0.501. The number of hydrogen-bond acceptors (Lipinski definition) is 7. The summed E-state index contributed by atoms with van der Waals surface area (Å²) in [5.74, 6) is -2.47. The van der Waals surface area contributed by atoms with Crippen molar-refractivity contribution in [3.8, 4) is 0 Å². The first-order valence-electron chi connectivity index (χ1n) is 4.26. The van der Waals surface area contributed by atoms with Gasteiger partial charge in [-0.3, -0.25) is 4.52 Å². The van der Waals surface area contributed by atoms with Crippen LogP contribution >= 0.6 is 7.82 Å². The monoisotopic (exact) mass is 260 g/mol. The van der Waals surface area contributed by atoms with Crippen LogP contribution < -0.4 is 0 Å². The van der Waals surface area contributed by atoms with Crippen molar-refractivity contribution < 1.29 is 44.0 Å². The van der Waals surface area contributed by atoms with Crippen LogP contribution in [0.15, 0.2) is 0 Å². The molecule has 0 spiro atoms. The number of rotatable bonds is 3. The Morgan fingerprint density at radius 3 is 2.44 bits per heavy atom. The molecular weight excluding hydrogens is 247 g/mol. The Balaban J connectivity index is 2.66. The fourth-order valence-electron chi connectivity index (χ4n) is 1.19. The maximum atomic E-state index is 10.4. The van der Waals surface area contributed by atoms with E-state index in [0.29, 0.717) is 0 Å². The summed E-state index contributed by atoms with van der Waals surface area (Å²) >= 11 is 0. The number of aliphatic hydroxyl groups excluding tert-OH is 3. The SMILES string of the molecule is O=P(O)(O)OC[C@]1(O)OC[C@H](O)[C@H](O)[C@H]1O. The molecule has 0 aliphatic carbocycles. The molecule has 0 aromatic carbocycles. The van der Waals surface area contributed by atoms with E-state index in [0.717, 1.165) is 0 Å². The highest BCUT2D eigenvalue weighted by atomic mass is 31.2. The summed E-state index contributed by atoms with van der Waals surface area (Å²) in [6.45, 7) is -1.54. The first kappa shape index (κ1) is 14.0. The molecule has 1 heterocycles. The Bertz CT molecular complexity index is 290. The number of hydrogen-bond donors (Lipinski definition) is 6. The van der Waals surface area contributed by atoms with Gasteiger partial charge in [0.05, 0.1) is 6.61 Å². The van der Waals surface area contributed by atoms with E-state index in [1.54, 1.807) is 0 Å². The van der Waals surface area contributed by atoms with E-state index < -0.39 is 45.1 Å². The normalized spacial score (nSPS) is 41.0. The second-order valence-corrected chi connectivity index (χ2v) is 4.66. The van der Waals surface area contributed by atoms with Gasteiger partial charge >= 0.3 is 7.82 Å². The molecule has 4 atom stereocenters. The molecule has 1 fully saturated rings. The molecule has 0 amide bonds. The van der Waals surface area contributed by atoms with Crippen LogP contribution in [0.2, 0.25) is 0 Å². The van der Waals surface area contributed by atoms with E-state index in [9.17, 15) is 19.9 Å². The summed E-state index contributed by atoms with van der Waals surface area (Å²) in [4.78, 5) is 16.8. The number of ether oxygens (including phenoxy) is 1. The van der Waals surface area contributed by atoms with Crippen molar-refractivity contribution in [1.29, 1.82) is 0 Å². The lowest BCUT2D eigenvalue weighted by atomic mass is 9.98. The van der Waals surface area contributed by atoms with Gasteiger partial charge in [-0.2, -0.15) is 0 Å². The molecule has 6 N–H and O–H groups in total. The third-order valence-electron chi connectivity index (χ3n) is 2.12. The van der Waals surface area contributed by atoms with Gasteiger partial charge in [0.2, 0.25) is 5.79 Å². The molecule has 1 saturated heterocycles. The van der Waals surface area contributed by atoms with Crippen LogP contribution in [0.4, 0.5) is 0 Å². The Kier molecular flexibility index (Phi) is 4.06. The summed E-state index contributed by atoms with van der Waals surface area (Å²) in [7, 11) is -4.83. The van der Waals surface area contributed by atoms with Crippen molar-refractivity contribution >= 4 is 7.82 Å². The van der Waals surface area contributed by atoms with E-state index >= 15 is 0 Å². The molecule has 16 heavy (non-hydrogen) atoms. The van der Waals surface area contributed by atoms with Crippen molar-refractivity contribution in [2.24, 2.45) is 0 Å². The Morgan fingerprint density at radius 2 is 1.94 bits per heavy atom. The molecule has 10 heteroatoms. The smallest absolute Gasteiger partial charge is 0.388 e. The molecule has 1 aliphatic rings. The van der Waals surface area contributed by atoms with Crippen LogP contribution in [0.25, 0.3) is 0 Å². The van der Waals surface area contributed by atoms with Crippen LogP contribution in [0.5, 0.6) is 0 Å². The number of aliphatic hydroxyl groups is 4. The average molecular weight is 260 g/mol. The highest BCUT2D eigenvalue weighted by Gasteiger charge is 2.49. The summed E-state index contributed by atoms with van der Waals surface area (Å²) in [6, 6.07) is 0. The van der Waals surface area contributed by atoms with Crippen LogP contribution in [0, 0.1) is 0 Å².